The molecule has 0 aliphatic carbocycles. The Morgan fingerprint density at radius 1 is 0.388 bits per heavy atom. The first kappa shape index (κ1) is 22.6. The lowest BCUT2D eigenvalue weighted by Gasteiger charge is -2.13. The Morgan fingerprint density at radius 2 is 0.776 bits per heavy atom. The highest BCUT2D eigenvalue weighted by Gasteiger charge is 2.21. The van der Waals surface area contributed by atoms with E-state index < -0.39 is 30.2 Å². The summed E-state index contributed by atoms with van der Waals surface area (Å²) in [5, 5.41) is 13.5. The van der Waals surface area contributed by atoms with Crippen molar-refractivity contribution in [1.29, 1.82) is 0 Å². The Hall–Kier alpha value is -6.86. The van der Waals surface area contributed by atoms with Gasteiger partial charge in [-0.25, -0.2) is 9.97 Å². The maximum Gasteiger partial charge on any atom is 0.187 e. The highest BCUT2D eigenvalue weighted by Crippen LogP contribution is 2.34. The summed E-state index contributed by atoms with van der Waals surface area (Å²) in [6.45, 7) is 0. The van der Waals surface area contributed by atoms with Gasteiger partial charge in [0.05, 0.1) is 28.9 Å². The first-order valence-electron chi connectivity index (χ1n) is 18.4. The van der Waals surface area contributed by atoms with E-state index in [1.165, 1.54) is 4.57 Å². The van der Waals surface area contributed by atoms with Crippen molar-refractivity contribution < 1.29 is 6.85 Å². The van der Waals surface area contributed by atoms with E-state index in [-0.39, 0.29) is 17.3 Å². The van der Waals surface area contributed by atoms with Gasteiger partial charge in [-0.1, -0.05) is 103 Å². The van der Waals surface area contributed by atoms with Gasteiger partial charge in [-0.05, 0) is 60.6 Å². The summed E-state index contributed by atoms with van der Waals surface area (Å²) in [4.78, 5) is 10.2. The van der Waals surface area contributed by atoms with Crippen molar-refractivity contribution in [3.8, 4) is 40.4 Å². The second kappa shape index (κ2) is 10.9. The molecule has 49 heavy (non-hydrogen) atoms. The molecule has 0 N–H and O–H groups in total. The summed E-state index contributed by atoms with van der Waals surface area (Å²) >= 11 is 0. The summed E-state index contributed by atoms with van der Waals surface area (Å²) in [7, 11) is 0. The maximum absolute atomic E-state index is 9.01. The van der Waals surface area contributed by atoms with Crippen LogP contribution in [0.4, 0.5) is 0 Å². The van der Waals surface area contributed by atoms with Gasteiger partial charge >= 0.3 is 0 Å². The van der Waals surface area contributed by atoms with Crippen molar-refractivity contribution in [3.63, 3.8) is 0 Å². The quantitative estimate of drug-likeness (QED) is 0.189. The number of nitrogens with zero attached hydrogens (tertiary/aromatic N) is 7. The van der Waals surface area contributed by atoms with E-state index in [0.29, 0.717) is 23.0 Å². The molecular formula is C42H27N7. The molecule has 0 amide bonds. The lowest BCUT2D eigenvalue weighted by molar-refractivity contribution is 1.02. The first-order valence-corrected chi connectivity index (χ1v) is 15.9. The van der Waals surface area contributed by atoms with E-state index in [0.717, 1.165) is 43.6 Å². The maximum atomic E-state index is 9.01. The van der Waals surface area contributed by atoms with Crippen LogP contribution in [-0.2, 0) is 0 Å². The van der Waals surface area contributed by atoms with Crippen molar-refractivity contribution in [1.82, 2.24) is 33.9 Å². The zero-order chi connectivity index (χ0) is 36.7. The fourth-order valence-corrected chi connectivity index (χ4v) is 6.87. The molecule has 0 unspecified atom stereocenters. The fraction of sp³-hybridized carbons (Fsp3) is 0. The van der Waals surface area contributed by atoms with Gasteiger partial charge in [-0.15, -0.1) is 10.2 Å². The molecule has 0 radical (unpaired) electrons. The molecule has 10 rings (SSSR count). The topological polar surface area (TPSA) is 66.3 Å². The van der Waals surface area contributed by atoms with Crippen LogP contribution in [0, 0.1) is 0 Å². The van der Waals surface area contributed by atoms with E-state index in [1.54, 1.807) is 12.1 Å². The number of hydrogen-bond donors (Lipinski definition) is 0. The second-order valence-electron chi connectivity index (χ2n) is 11.7. The summed E-state index contributed by atoms with van der Waals surface area (Å²) < 4.78 is 49.1. The van der Waals surface area contributed by atoms with Crippen molar-refractivity contribution in [2.45, 2.75) is 0 Å². The van der Waals surface area contributed by atoms with Gasteiger partial charge in [0.2, 0.25) is 0 Å². The molecule has 10 aromatic rings. The normalized spacial score (nSPS) is 13.1. The zero-order valence-corrected chi connectivity index (χ0v) is 25.8. The number of fused-ring (bicyclic) bond motifs is 6. The smallest absolute Gasteiger partial charge is 0.187 e. The molecular weight excluding hydrogens is 603 g/mol. The lowest BCUT2D eigenvalue weighted by Crippen LogP contribution is -2.05. The highest BCUT2D eigenvalue weighted by molar-refractivity contribution is 6.10. The average Bonchev–Trinajstić information content (AvgIpc) is 3.90. The van der Waals surface area contributed by atoms with Gasteiger partial charge < -0.3 is 0 Å². The van der Waals surface area contributed by atoms with Crippen molar-refractivity contribution >= 4 is 43.6 Å². The molecule has 7 heteroatoms. The highest BCUT2D eigenvalue weighted by atomic mass is 15.3. The minimum Gasteiger partial charge on any atom is -0.294 e. The van der Waals surface area contributed by atoms with Crippen LogP contribution in [0.1, 0.15) is 6.85 Å². The van der Waals surface area contributed by atoms with E-state index in [2.05, 4.69) is 43.6 Å². The van der Waals surface area contributed by atoms with Crippen molar-refractivity contribution in [3.05, 3.63) is 164 Å². The molecule has 0 spiro atoms. The minimum absolute atomic E-state index is 0.107. The van der Waals surface area contributed by atoms with Gasteiger partial charge in [0.1, 0.15) is 23.0 Å². The molecule has 0 aliphatic rings. The number of hydrogen-bond acceptors (Lipinski definition) is 4. The Kier molecular flexibility index (Phi) is 5.01. The fourth-order valence-electron chi connectivity index (χ4n) is 6.87. The minimum atomic E-state index is -0.497. The Bertz CT molecular complexity index is 2830. The van der Waals surface area contributed by atoms with Gasteiger partial charge in [0, 0.05) is 27.2 Å². The Labute approximate surface area is 288 Å². The third-order valence-corrected chi connectivity index (χ3v) is 8.92. The van der Waals surface area contributed by atoms with Crippen LogP contribution in [0.5, 0.6) is 0 Å². The second-order valence-corrected chi connectivity index (χ2v) is 11.7. The van der Waals surface area contributed by atoms with Crippen LogP contribution in [0.3, 0.4) is 0 Å². The predicted octanol–water partition coefficient (Wildman–Crippen LogP) is 9.59. The Balaban J connectivity index is 1.22. The zero-order valence-electron chi connectivity index (χ0n) is 30.8. The molecule has 5 aromatic carbocycles. The van der Waals surface area contributed by atoms with E-state index in [1.807, 2.05) is 97.1 Å². The summed E-state index contributed by atoms with van der Waals surface area (Å²) in [6, 6.07) is 41.4. The van der Waals surface area contributed by atoms with E-state index in [9.17, 15) is 0 Å². The van der Waals surface area contributed by atoms with Gasteiger partial charge in [-0.2, -0.15) is 0 Å². The molecule has 0 saturated heterocycles. The van der Waals surface area contributed by atoms with Crippen LogP contribution in [0.25, 0.3) is 84.0 Å². The van der Waals surface area contributed by atoms with E-state index in [4.69, 9.17) is 16.8 Å². The SMILES string of the molecule is [2H]c1c([2H])c([2H])c(-n2c(-c3cccc(-n4c5ccccc5c5ccccc54)n3)nnc2-c2cccc(-n3c4ccccc4c4ccccc43)n2)c([2H])c1[2H]. The molecule has 230 valence electrons. The number of para-hydroxylation sites is 5. The van der Waals surface area contributed by atoms with Crippen molar-refractivity contribution in [2.75, 3.05) is 0 Å². The third-order valence-electron chi connectivity index (χ3n) is 8.92. The van der Waals surface area contributed by atoms with Crippen LogP contribution < -0.4 is 0 Å². The summed E-state index contributed by atoms with van der Waals surface area (Å²) in [5.41, 5.74) is 4.56. The molecule has 7 nitrogen and oxygen atoms in total. The first-order chi connectivity index (χ1) is 26.4. The molecule has 0 saturated carbocycles. The Morgan fingerprint density at radius 3 is 1.18 bits per heavy atom. The van der Waals surface area contributed by atoms with Gasteiger partial charge in [0.15, 0.2) is 11.6 Å². The average molecular weight is 635 g/mol. The van der Waals surface area contributed by atoms with Gasteiger partial charge in [0.25, 0.3) is 0 Å². The van der Waals surface area contributed by atoms with Crippen LogP contribution in [-0.4, -0.2) is 33.9 Å². The largest absolute Gasteiger partial charge is 0.294 e. The molecule has 0 atom stereocenters. The summed E-state index contributed by atoms with van der Waals surface area (Å²) in [6.07, 6.45) is 0. The molecule has 0 aliphatic heterocycles. The van der Waals surface area contributed by atoms with Crippen molar-refractivity contribution in [2.24, 2.45) is 0 Å². The van der Waals surface area contributed by atoms with Crippen LogP contribution >= 0.6 is 0 Å². The molecule has 5 heterocycles. The number of aromatic nitrogens is 7. The lowest BCUT2D eigenvalue weighted by atomic mass is 10.2. The van der Waals surface area contributed by atoms with Gasteiger partial charge in [-0.3, -0.25) is 13.7 Å². The van der Waals surface area contributed by atoms with Crippen LogP contribution in [0.2, 0.25) is 0 Å². The predicted molar refractivity (Wildman–Crippen MR) is 196 cm³/mol. The van der Waals surface area contributed by atoms with Crippen LogP contribution in [0.15, 0.2) is 164 Å². The monoisotopic (exact) mass is 634 g/mol. The summed E-state index contributed by atoms with van der Waals surface area (Å²) in [5.74, 6) is 1.62. The third kappa shape index (κ3) is 4.22. The number of rotatable bonds is 5. The molecule has 0 fully saturated rings. The number of pyridine rings is 2. The molecule has 0 bridgehead atoms. The molecule has 5 aromatic heterocycles. The van der Waals surface area contributed by atoms with E-state index >= 15 is 0 Å². The number of benzene rings is 5. The standard InChI is InChI=1S/C42H27N7/c1-2-14-28(15-3-1)47-41(33-20-12-26-39(43-33)48-35-22-8-4-16-29(35)30-17-5-9-23-36(30)48)45-46-42(47)34-21-13-27-40(44-34)49-37-24-10-6-18-31(37)32-19-7-11-25-38(32)49/h1-27H/i1D,2D,3D,14D,15D.